The third-order valence-corrected chi connectivity index (χ3v) is 4.86. The van der Waals surface area contributed by atoms with Crippen LogP contribution in [0.4, 0.5) is 0 Å². The lowest BCUT2D eigenvalue weighted by molar-refractivity contribution is -0.136. The largest absolute Gasteiger partial charge is 0.481 e. The summed E-state index contributed by atoms with van der Waals surface area (Å²) in [7, 11) is 0. The first kappa shape index (κ1) is 17.4. The van der Waals surface area contributed by atoms with Crippen LogP contribution in [0, 0.1) is 0 Å². The van der Waals surface area contributed by atoms with Crippen molar-refractivity contribution < 1.29 is 19.4 Å². The average molecular weight is 374 g/mol. The monoisotopic (exact) mass is 374 g/mol. The molecule has 1 saturated heterocycles. The van der Waals surface area contributed by atoms with Crippen LogP contribution in [-0.2, 0) is 22.4 Å². The number of hydrogen-bond donors (Lipinski definition) is 2. The number of rotatable bonds is 6. The summed E-state index contributed by atoms with van der Waals surface area (Å²) in [5.41, 5.74) is 1.62. The van der Waals surface area contributed by atoms with Crippen molar-refractivity contribution >= 4 is 40.2 Å². The van der Waals surface area contributed by atoms with E-state index in [-0.39, 0.29) is 17.6 Å². The van der Waals surface area contributed by atoms with Crippen LogP contribution in [0.25, 0.3) is 0 Å². The number of carboxylic acids is 1. The van der Waals surface area contributed by atoms with Crippen LogP contribution < -0.4 is 10.1 Å². The lowest BCUT2D eigenvalue weighted by atomic mass is 10.1. The Morgan fingerprint density at radius 1 is 1.24 bits per heavy atom. The molecular weight excluding hydrogens is 360 g/mol. The molecule has 2 aromatic rings. The molecule has 1 aromatic heterocycles. The Balaban J connectivity index is 1.60. The van der Waals surface area contributed by atoms with Gasteiger partial charge in [-0.25, -0.2) is 4.98 Å². The van der Waals surface area contributed by atoms with E-state index in [0.29, 0.717) is 27.9 Å². The number of pyridine rings is 1. The minimum atomic E-state index is -0.902. The topological polar surface area (TPSA) is 88.5 Å². The fraction of sp³-hybridized carbons (Fsp3) is 0.176. The van der Waals surface area contributed by atoms with Crippen molar-refractivity contribution in [3.8, 4) is 11.6 Å². The van der Waals surface area contributed by atoms with E-state index in [1.807, 2.05) is 12.1 Å². The second-order valence-electron chi connectivity index (χ2n) is 5.41. The zero-order valence-corrected chi connectivity index (χ0v) is 14.6. The molecule has 2 heterocycles. The Kier molecular flexibility index (Phi) is 5.30. The van der Waals surface area contributed by atoms with Crippen LogP contribution in [-0.4, -0.2) is 31.5 Å². The molecular formula is C17H14N2O4S2. The molecule has 25 heavy (non-hydrogen) atoms. The van der Waals surface area contributed by atoms with Crippen molar-refractivity contribution in [2.24, 2.45) is 0 Å². The SMILES string of the molecule is O=C(O)Cc1ccc(Oc2ccc(CC3SC(=S)NC3=O)cc2)nc1. The van der Waals surface area contributed by atoms with Gasteiger partial charge in [-0.3, -0.25) is 9.59 Å². The molecule has 0 saturated carbocycles. The van der Waals surface area contributed by atoms with Gasteiger partial charge in [-0.05, 0) is 29.7 Å². The van der Waals surface area contributed by atoms with Crippen molar-refractivity contribution in [1.82, 2.24) is 10.3 Å². The highest BCUT2D eigenvalue weighted by Gasteiger charge is 2.28. The fourth-order valence-electron chi connectivity index (χ4n) is 2.31. The number of carbonyl (C=O) groups is 2. The van der Waals surface area contributed by atoms with Gasteiger partial charge >= 0.3 is 5.97 Å². The maximum atomic E-state index is 11.7. The number of ether oxygens (including phenoxy) is 1. The van der Waals surface area contributed by atoms with Gasteiger partial charge in [0.05, 0.1) is 11.7 Å². The van der Waals surface area contributed by atoms with Crippen LogP contribution in [0.3, 0.4) is 0 Å². The average Bonchev–Trinajstić information content (AvgIpc) is 2.88. The molecule has 128 valence electrons. The predicted molar refractivity (Wildman–Crippen MR) is 97.9 cm³/mol. The van der Waals surface area contributed by atoms with E-state index in [2.05, 4.69) is 10.3 Å². The molecule has 2 N–H and O–H groups in total. The van der Waals surface area contributed by atoms with Crippen molar-refractivity contribution in [2.45, 2.75) is 18.1 Å². The molecule has 1 unspecified atom stereocenters. The highest BCUT2D eigenvalue weighted by atomic mass is 32.2. The molecule has 0 aliphatic carbocycles. The number of benzene rings is 1. The molecule has 1 fully saturated rings. The standard InChI is InChI=1S/C17H14N2O4S2/c20-15(21)8-11-3-6-14(18-9-11)23-12-4-1-10(2-5-12)7-13-16(22)19-17(24)25-13/h1-6,9,13H,7-8H2,(H,20,21)(H,19,22,24). The normalized spacial score (nSPS) is 16.6. The number of carboxylic acid groups (broad SMARTS) is 1. The first-order chi connectivity index (χ1) is 12.0. The van der Waals surface area contributed by atoms with E-state index in [1.165, 1.54) is 18.0 Å². The fourth-order valence-corrected chi connectivity index (χ4v) is 3.62. The van der Waals surface area contributed by atoms with E-state index in [0.717, 1.165) is 5.56 Å². The van der Waals surface area contributed by atoms with Crippen LogP contribution in [0.2, 0.25) is 0 Å². The van der Waals surface area contributed by atoms with E-state index < -0.39 is 5.97 Å². The number of nitrogens with zero attached hydrogens (tertiary/aromatic N) is 1. The molecule has 3 rings (SSSR count). The summed E-state index contributed by atoms with van der Waals surface area (Å²) in [6.07, 6.45) is 2.01. The Morgan fingerprint density at radius 2 is 1.96 bits per heavy atom. The Bertz CT molecular complexity index is 806. The third kappa shape index (κ3) is 4.77. The zero-order chi connectivity index (χ0) is 17.8. The number of nitrogens with one attached hydrogen (secondary N) is 1. The summed E-state index contributed by atoms with van der Waals surface area (Å²) in [5.74, 6) is 0.0427. The van der Waals surface area contributed by atoms with Gasteiger partial charge in [0.25, 0.3) is 0 Å². The second kappa shape index (κ2) is 7.62. The highest BCUT2D eigenvalue weighted by Crippen LogP contribution is 2.25. The van der Waals surface area contributed by atoms with Crippen LogP contribution in [0.1, 0.15) is 11.1 Å². The molecule has 0 radical (unpaired) electrons. The molecule has 1 aliphatic heterocycles. The molecule has 1 atom stereocenters. The molecule has 1 amide bonds. The quantitative estimate of drug-likeness (QED) is 0.751. The van der Waals surface area contributed by atoms with E-state index in [4.69, 9.17) is 22.1 Å². The van der Waals surface area contributed by atoms with Gasteiger partial charge in [0.15, 0.2) is 0 Å². The minimum absolute atomic E-state index is 0.0547. The maximum absolute atomic E-state index is 11.7. The predicted octanol–water partition coefficient (Wildman–Crippen LogP) is 2.56. The van der Waals surface area contributed by atoms with Gasteiger partial charge < -0.3 is 15.2 Å². The summed E-state index contributed by atoms with van der Waals surface area (Å²) < 4.78 is 6.16. The molecule has 0 spiro atoms. The number of carbonyl (C=O) groups excluding carboxylic acids is 1. The van der Waals surface area contributed by atoms with Crippen molar-refractivity contribution in [3.05, 3.63) is 53.7 Å². The van der Waals surface area contributed by atoms with Crippen LogP contribution in [0.15, 0.2) is 42.6 Å². The first-order valence-electron chi connectivity index (χ1n) is 7.44. The van der Waals surface area contributed by atoms with Gasteiger partial charge in [-0.1, -0.05) is 42.2 Å². The van der Waals surface area contributed by atoms with Gasteiger partial charge in [-0.2, -0.15) is 0 Å². The Morgan fingerprint density at radius 3 is 2.52 bits per heavy atom. The molecule has 0 bridgehead atoms. The van der Waals surface area contributed by atoms with Crippen molar-refractivity contribution in [2.75, 3.05) is 0 Å². The minimum Gasteiger partial charge on any atom is -0.481 e. The lowest BCUT2D eigenvalue weighted by Crippen LogP contribution is -2.25. The summed E-state index contributed by atoms with van der Waals surface area (Å²) in [6, 6.07) is 10.7. The molecule has 6 nitrogen and oxygen atoms in total. The van der Waals surface area contributed by atoms with E-state index in [1.54, 1.807) is 24.3 Å². The van der Waals surface area contributed by atoms with Crippen LogP contribution >= 0.6 is 24.0 Å². The van der Waals surface area contributed by atoms with Gasteiger partial charge in [0, 0.05) is 12.3 Å². The number of aliphatic carboxylic acids is 1. The molecule has 1 aromatic carbocycles. The van der Waals surface area contributed by atoms with Crippen molar-refractivity contribution in [1.29, 1.82) is 0 Å². The van der Waals surface area contributed by atoms with Gasteiger partial charge in [0.1, 0.15) is 10.1 Å². The number of aromatic nitrogens is 1. The van der Waals surface area contributed by atoms with Gasteiger partial charge in [-0.15, -0.1) is 0 Å². The summed E-state index contributed by atoms with van der Waals surface area (Å²) in [4.78, 5) is 26.4. The number of amides is 1. The maximum Gasteiger partial charge on any atom is 0.307 e. The Hall–Kier alpha value is -2.45. The number of thioether (sulfide) groups is 1. The number of thiocarbonyl (C=S) groups is 1. The van der Waals surface area contributed by atoms with E-state index in [9.17, 15) is 9.59 Å². The lowest BCUT2D eigenvalue weighted by Gasteiger charge is -2.08. The Labute approximate surface area is 153 Å². The van der Waals surface area contributed by atoms with Gasteiger partial charge in [0.2, 0.25) is 11.8 Å². The second-order valence-corrected chi connectivity index (χ2v) is 7.29. The zero-order valence-electron chi connectivity index (χ0n) is 13.0. The first-order valence-corrected chi connectivity index (χ1v) is 8.73. The summed E-state index contributed by atoms with van der Waals surface area (Å²) in [5, 5.41) is 11.2. The highest BCUT2D eigenvalue weighted by molar-refractivity contribution is 8.24. The molecule has 8 heteroatoms. The van der Waals surface area contributed by atoms with E-state index >= 15 is 0 Å². The smallest absolute Gasteiger partial charge is 0.307 e. The summed E-state index contributed by atoms with van der Waals surface area (Å²) >= 11 is 6.36. The van der Waals surface area contributed by atoms with Crippen molar-refractivity contribution in [3.63, 3.8) is 0 Å². The number of hydrogen-bond acceptors (Lipinski definition) is 6. The summed E-state index contributed by atoms with van der Waals surface area (Å²) in [6.45, 7) is 0. The third-order valence-electron chi connectivity index (χ3n) is 3.49. The molecule has 1 aliphatic rings. The van der Waals surface area contributed by atoms with Crippen LogP contribution in [0.5, 0.6) is 11.6 Å².